The first-order chi connectivity index (χ1) is 13.0. The highest BCUT2D eigenvalue weighted by Gasteiger charge is 2.19. The van der Waals surface area contributed by atoms with Crippen LogP contribution in [0.15, 0.2) is 58.3 Å². The first kappa shape index (κ1) is 18.9. The van der Waals surface area contributed by atoms with Crippen LogP contribution in [0.25, 0.3) is 11.6 Å². The summed E-state index contributed by atoms with van der Waals surface area (Å²) in [5.74, 6) is 1.05. The van der Waals surface area contributed by atoms with Gasteiger partial charge >= 0.3 is 0 Å². The summed E-state index contributed by atoms with van der Waals surface area (Å²) in [4.78, 5) is 24.2. The fraction of sp³-hybridized carbons (Fsp3) is 0.263. The minimum atomic E-state index is -0.543. The molecule has 3 aromatic rings. The number of hydrogen-bond acceptors (Lipinski definition) is 6. The number of carbonyl (C=O) groups is 2. The fourth-order valence-electron chi connectivity index (χ4n) is 2.57. The first-order valence-electron chi connectivity index (χ1n) is 8.44. The van der Waals surface area contributed by atoms with Crippen LogP contribution in [0, 0.1) is 0 Å². The van der Waals surface area contributed by atoms with E-state index in [4.69, 9.17) is 4.42 Å². The van der Waals surface area contributed by atoms with Gasteiger partial charge in [0.15, 0.2) is 22.5 Å². The molecule has 0 saturated carbocycles. The lowest BCUT2D eigenvalue weighted by Crippen LogP contribution is -2.42. The van der Waals surface area contributed by atoms with Gasteiger partial charge in [-0.2, -0.15) is 0 Å². The van der Waals surface area contributed by atoms with Gasteiger partial charge in [-0.25, -0.2) is 0 Å². The molecular formula is C19H20N4O3S. The van der Waals surface area contributed by atoms with E-state index in [9.17, 15) is 9.59 Å². The van der Waals surface area contributed by atoms with Crippen LogP contribution < -0.4 is 5.32 Å². The molecule has 27 heavy (non-hydrogen) atoms. The lowest BCUT2D eigenvalue weighted by molar-refractivity contribution is -0.125. The zero-order chi connectivity index (χ0) is 19.2. The van der Waals surface area contributed by atoms with Crippen LogP contribution >= 0.6 is 11.8 Å². The minimum absolute atomic E-state index is 0.0732. The van der Waals surface area contributed by atoms with E-state index in [-0.39, 0.29) is 17.4 Å². The van der Waals surface area contributed by atoms with E-state index in [1.54, 1.807) is 23.0 Å². The predicted octanol–water partition coefficient (Wildman–Crippen LogP) is 2.48. The van der Waals surface area contributed by atoms with Crippen molar-refractivity contribution in [3.63, 3.8) is 0 Å². The number of aromatic nitrogens is 3. The Hall–Kier alpha value is -2.87. The fourth-order valence-corrected chi connectivity index (χ4v) is 3.30. The zero-order valence-corrected chi connectivity index (χ0v) is 15.9. The first-order valence-corrected chi connectivity index (χ1v) is 9.43. The third kappa shape index (κ3) is 4.85. The average Bonchev–Trinajstić information content (AvgIpc) is 3.30. The minimum Gasteiger partial charge on any atom is -0.461 e. The predicted molar refractivity (Wildman–Crippen MR) is 102 cm³/mol. The van der Waals surface area contributed by atoms with E-state index in [1.165, 1.54) is 18.7 Å². The monoisotopic (exact) mass is 384 g/mol. The normalized spacial score (nSPS) is 11.9. The smallest absolute Gasteiger partial charge is 0.231 e. The Balaban J connectivity index is 1.58. The SMILES string of the molecule is CC(=O)[C@H](Cc1ccccc1)NC(=O)CSc1nnc(-c2ccco2)n1C. The number of thioether (sulfide) groups is 1. The maximum absolute atomic E-state index is 12.3. The van der Waals surface area contributed by atoms with Crippen molar-refractivity contribution in [2.75, 3.05) is 5.75 Å². The summed E-state index contributed by atoms with van der Waals surface area (Å²) in [5, 5.41) is 11.6. The van der Waals surface area contributed by atoms with Crippen molar-refractivity contribution in [2.24, 2.45) is 7.05 Å². The number of nitrogens with one attached hydrogen (secondary N) is 1. The molecule has 1 aromatic carbocycles. The van der Waals surface area contributed by atoms with Crippen LogP contribution in [-0.4, -0.2) is 38.2 Å². The molecule has 1 atom stereocenters. The maximum atomic E-state index is 12.3. The Morgan fingerprint density at radius 1 is 1.19 bits per heavy atom. The van der Waals surface area contributed by atoms with Gasteiger partial charge in [-0.15, -0.1) is 10.2 Å². The van der Waals surface area contributed by atoms with Crippen molar-refractivity contribution < 1.29 is 14.0 Å². The van der Waals surface area contributed by atoms with E-state index in [1.807, 2.05) is 37.4 Å². The molecule has 0 unspecified atom stereocenters. The molecule has 0 aliphatic carbocycles. The number of Topliss-reactive ketones (excluding diaryl/α,β-unsaturated/α-hetero) is 1. The highest BCUT2D eigenvalue weighted by Crippen LogP contribution is 2.22. The van der Waals surface area contributed by atoms with Crippen molar-refractivity contribution >= 4 is 23.5 Å². The zero-order valence-electron chi connectivity index (χ0n) is 15.1. The number of hydrogen-bond donors (Lipinski definition) is 1. The van der Waals surface area contributed by atoms with Crippen molar-refractivity contribution in [2.45, 2.75) is 24.5 Å². The lowest BCUT2D eigenvalue weighted by atomic mass is 10.0. The van der Waals surface area contributed by atoms with Gasteiger partial charge in [0.05, 0.1) is 18.1 Å². The Morgan fingerprint density at radius 2 is 1.96 bits per heavy atom. The van der Waals surface area contributed by atoms with Crippen molar-refractivity contribution in [1.82, 2.24) is 20.1 Å². The van der Waals surface area contributed by atoms with E-state index >= 15 is 0 Å². The summed E-state index contributed by atoms with van der Waals surface area (Å²) < 4.78 is 7.09. The molecule has 3 rings (SSSR count). The van der Waals surface area contributed by atoms with Gasteiger partial charge in [-0.1, -0.05) is 42.1 Å². The Labute approximate surface area is 161 Å². The van der Waals surface area contributed by atoms with Gasteiger partial charge in [0.1, 0.15) is 0 Å². The van der Waals surface area contributed by atoms with Crippen LogP contribution in [0.4, 0.5) is 0 Å². The number of benzene rings is 1. The van der Waals surface area contributed by atoms with Crippen LogP contribution in [-0.2, 0) is 23.1 Å². The Bertz CT molecular complexity index is 906. The molecule has 8 heteroatoms. The standard InChI is InChI=1S/C19H20N4O3S/c1-13(24)15(11-14-7-4-3-5-8-14)20-17(25)12-27-19-22-21-18(23(19)2)16-9-6-10-26-16/h3-10,15H,11-12H2,1-2H3,(H,20,25)/t15-/m0/s1. The molecule has 0 saturated heterocycles. The molecule has 0 bridgehead atoms. The summed E-state index contributed by atoms with van der Waals surface area (Å²) in [7, 11) is 1.81. The van der Waals surface area contributed by atoms with E-state index in [0.717, 1.165) is 5.56 Å². The molecular weight excluding hydrogens is 364 g/mol. The van der Waals surface area contributed by atoms with E-state index in [0.29, 0.717) is 23.2 Å². The highest BCUT2D eigenvalue weighted by atomic mass is 32.2. The van der Waals surface area contributed by atoms with Crippen LogP contribution in [0.3, 0.4) is 0 Å². The quantitative estimate of drug-likeness (QED) is 0.600. The topological polar surface area (TPSA) is 90.0 Å². The lowest BCUT2D eigenvalue weighted by Gasteiger charge is -2.16. The number of furan rings is 1. The van der Waals surface area contributed by atoms with Gasteiger partial charge in [-0.05, 0) is 31.0 Å². The average molecular weight is 384 g/mol. The molecule has 1 N–H and O–H groups in total. The van der Waals surface area contributed by atoms with Crippen molar-refractivity contribution in [3.8, 4) is 11.6 Å². The van der Waals surface area contributed by atoms with E-state index in [2.05, 4.69) is 15.5 Å². The molecule has 0 fully saturated rings. The highest BCUT2D eigenvalue weighted by molar-refractivity contribution is 7.99. The molecule has 7 nitrogen and oxygen atoms in total. The van der Waals surface area contributed by atoms with E-state index < -0.39 is 6.04 Å². The molecule has 0 aliphatic rings. The van der Waals surface area contributed by atoms with Crippen molar-refractivity contribution in [1.29, 1.82) is 0 Å². The van der Waals surface area contributed by atoms with Crippen molar-refractivity contribution in [3.05, 3.63) is 54.3 Å². The largest absolute Gasteiger partial charge is 0.461 e. The third-order valence-corrected chi connectivity index (χ3v) is 5.04. The molecule has 2 heterocycles. The molecule has 2 aromatic heterocycles. The molecule has 0 aliphatic heterocycles. The number of amides is 1. The van der Waals surface area contributed by atoms with Gasteiger partial charge in [-0.3, -0.25) is 9.59 Å². The maximum Gasteiger partial charge on any atom is 0.231 e. The van der Waals surface area contributed by atoms with Gasteiger partial charge in [0.2, 0.25) is 5.91 Å². The number of ketones is 1. The molecule has 0 spiro atoms. The molecule has 0 radical (unpaired) electrons. The number of carbonyl (C=O) groups excluding carboxylic acids is 2. The van der Waals surface area contributed by atoms with Gasteiger partial charge in [0.25, 0.3) is 0 Å². The number of nitrogens with zero attached hydrogens (tertiary/aromatic N) is 3. The summed E-state index contributed by atoms with van der Waals surface area (Å²) in [6.07, 6.45) is 2.04. The van der Waals surface area contributed by atoms with Crippen LogP contribution in [0.2, 0.25) is 0 Å². The van der Waals surface area contributed by atoms with Crippen LogP contribution in [0.5, 0.6) is 0 Å². The third-order valence-electron chi connectivity index (χ3n) is 4.02. The summed E-state index contributed by atoms with van der Waals surface area (Å²) in [6.45, 7) is 1.49. The van der Waals surface area contributed by atoms with Gasteiger partial charge < -0.3 is 14.3 Å². The van der Waals surface area contributed by atoms with Crippen LogP contribution in [0.1, 0.15) is 12.5 Å². The Kier molecular flexibility index (Phi) is 6.08. The van der Waals surface area contributed by atoms with Gasteiger partial charge in [0, 0.05) is 7.05 Å². The molecule has 140 valence electrons. The summed E-state index contributed by atoms with van der Waals surface area (Å²) >= 11 is 1.26. The second-order valence-corrected chi connectivity index (χ2v) is 6.99. The molecule has 1 amide bonds. The second-order valence-electron chi connectivity index (χ2n) is 6.05. The Morgan fingerprint density at radius 3 is 2.63 bits per heavy atom. The number of rotatable bonds is 8. The summed E-state index contributed by atoms with van der Waals surface area (Å²) in [6, 6.07) is 12.6. The summed E-state index contributed by atoms with van der Waals surface area (Å²) in [5.41, 5.74) is 1.00. The second kappa shape index (κ2) is 8.68.